The number of ether oxygens (including phenoxy) is 2. The van der Waals surface area contributed by atoms with Crippen LogP contribution in [0.2, 0.25) is 0 Å². The summed E-state index contributed by atoms with van der Waals surface area (Å²) in [5.41, 5.74) is 4.62. The zero-order chi connectivity index (χ0) is 22.6. The van der Waals surface area contributed by atoms with E-state index in [0.29, 0.717) is 25.4 Å². The third-order valence-corrected chi connectivity index (χ3v) is 5.60. The molecule has 0 radical (unpaired) electrons. The number of amides is 1. The number of nitrogens with zero attached hydrogens (tertiary/aromatic N) is 4. The van der Waals surface area contributed by atoms with Crippen LogP contribution < -0.4 is 9.47 Å². The highest BCUT2D eigenvalue weighted by Crippen LogP contribution is 2.27. The number of pyridine rings is 1. The van der Waals surface area contributed by atoms with Gasteiger partial charge in [0, 0.05) is 18.3 Å². The number of benzene rings is 2. The molecule has 33 heavy (non-hydrogen) atoms. The molecule has 1 aliphatic heterocycles. The number of carbonyl (C=O) groups is 1. The molecule has 2 aromatic heterocycles. The van der Waals surface area contributed by atoms with E-state index in [2.05, 4.69) is 17.2 Å². The van der Waals surface area contributed by atoms with Gasteiger partial charge in [-0.3, -0.25) is 9.48 Å². The highest BCUT2D eigenvalue weighted by molar-refractivity contribution is 5.78. The molecule has 4 aromatic rings. The Hall–Kier alpha value is -4.13. The molecule has 5 rings (SSSR count). The van der Waals surface area contributed by atoms with Crippen LogP contribution in [0.15, 0.2) is 79.1 Å². The predicted molar refractivity (Wildman–Crippen MR) is 124 cm³/mol. The molecule has 7 nitrogen and oxygen atoms in total. The molecular weight excluding hydrogens is 416 g/mol. The van der Waals surface area contributed by atoms with Gasteiger partial charge in [-0.2, -0.15) is 5.10 Å². The number of aromatic nitrogens is 3. The van der Waals surface area contributed by atoms with E-state index >= 15 is 0 Å². The van der Waals surface area contributed by atoms with Crippen molar-refractivity contribution in [2.45, 2.75) is 19.6 Å². The molecule has 0 unspecified atom stereocenters. The number of methoxy groups -OCH3 is 1. The molecule has 0 aliphatic carbocycles. The molecule has 0 spiro atoms. The molecule has 3 heterocycles. The maximum absolute atomic E-state index is 12.7. The Morgan fingerprint density at radius 3 is 2.70 bits per heavy atom. The predicted octanol–water partition coefficient (Wildman–Crippen LogP) is 3.92. The van der Waals surface area contributed by atoms with Gasteiger partial charge in [-0.05, 0) is 35.4 Å². The van der Waals surface area contributed by atoms with Crippen LogP contribution in [0.5, 0.6) is 11.5 Å². The van der Waals surface area contributed by atoms with Crippen molar-refractivity contribution < 1.29 is 14.3 Å². The second kappa shape index (κ2) is 9.16. The molecule has 0 atom stereocenters. The van der Waals surface area contributed by atoms with Gasteiger partial charge in [-0.1, -0.05) is 42.5 Å². The number of carbonyl (C=O) groups excluding carboxylic acids is 1. The van der Waals surface area contributed by atoms with Crippen molar-refractivity contribution in [3.8, 4) is 22.8 Å². The van der Waals surface area contributed by atoms with Crippen LogP contribution in [-0.2, 0) is 24.4 Å². The molecule has 0 fully saturated rings. The van der Waals surface area contributed by atoms with E-state index in [0.717, 1.165) is 28.3 Å². The molecule has 0 saturated heterocycles. The lowest BCUT2D eigenvalue weighted by atomic mass is 10.1. The smallest absolute Gasteiger partial charge is 0.261 e. The first-order chi connectivity index (χ1) is 16.2. The van der Waals surface area contributed by atoms with E-state index in [1.165, 1.54) is 5.56 Å². The molecule has 0 N–H and O–H groups in total. The fourth-order valence-electron chi connectivity index (χ4n) is 3.88. The summed E-state index contributed by atoms with van der Waals surface area (Å²) in [6, 6.07) is 21.7. The van der Waals surface area contributed by atoms with E-state index in [4.69, 9.17) is 14.5 Å². The van der Waals surface area contributed by atoms with Gasteiger partial charge < -0.3 is 14.4 Å². The minimum Gasteiger partial charge on any atom is -0.497 e. The van der Waals surface area contributed by atoms with Crippen molar-refractivity contribution in [3.63, 3.8) is 0 Å². The van der Waals surface area contributed by atoms with Crippen molar-refractivity contribution in [1.82, 2.24) is 19.7 Å². The first-order valence-corrected chi connectivity index (χ1v) is 10.8. The van der Waals surface area contributed by atoms with Crippen molar-refractivity contribution in [2.24, 2.45) is 0 Å². The lowest BCUT2D eigenvalue weighted by molar-refractivity contribution is -0.133. The number of hydrogen-bond acceptors (Lipinski definition) is 5. The average Bonchev–Trinajstić information content (AvgIpc) is 3.25. The quantitative estimate of drug-likeness (QED) is 0.455. The molecule has 0 saturated carbocycles. The zero-order valence-corrected chi connectivity index (χ0v) is 18.3. The van der Waals surface area contributed by atoms with Gasteiger partial charge in [0.2, 0.25) is 0 Å². The largest absolute Gasteiger partial charge is 0.497 e. The average molecular weight is 441 g/mol. The number of rotatable bonds is 6. The topological polar surface area (TPSA) is 69.5 Å². The standard InChI is InChI=1S/C26H24N4O3/c1-32-22-9-5-8-20(12-22)14-29-17-24-25(33-18-26(29)31)11-10-23(28-24)21-13-27-30(16-21)15-19-6-3-2-4-7-19/h2-13,16H,14-15,17-18H2,1H3. The van der Waals surface area contributed by atoms with Crippen LogP contribution in [0.25, 0.3) is 11.3 Å². The van der Waals surface area contributed by atoms with Gasteiger partial charge in [-0.15, -0.1) is 0 Å². The zero-order valence-electron chi connectivity index (χ0n) is 18.3. The molecule has 2 aromatic carbocycles. The van der Waals surface area contributed by atoms with Gasteiger partial charge in [-0.25, -0.2) is 4.98 Å². The summed E-state index contributed by atoms with van der Waals surface area (Å²) in [7, 11) is 1.63. The van der Waals surface area contributed by atoms with Crippen LogP contribution in [-0.4, -0.2) is 39.3 Å². The summed E-state index contributed by atoms with van der Waals surface area (Å²) in [5, 5.41) is 4.49. The highest BCUT2D eigenvalue weighted by Gasteiger charge is 2.23. The van der Waals surface area contributed by atoms with E-state index < -0.39 is 0 Å². The van der Waals surface area contributed by atoms with Crippen LogP contribution in [0.1, 0.15) is 16.8 Å². The van der Waals surface area contributed by atoms with E-state index in [-0.39, 0.29) is 12.5 Å². The maximum atomic E-state index is 12.7. The first-order valence-electron chi connectivity index (χ1n) is 10.8. The van der Waals surface area contributed by atoms with Crippen molar-refractivity contribution in [2.75, 3.05) is 13.7 Å². The summed E-state index contributed by atoms with van der Waals surface area (Å²) < 4.78 is 13.0. The molecular formula is C26H24N4O3. The van der Waals surface area contributed by atoms with Gasteiger partial charge in [0.15, 0.2) is 6.61 Å². The van der Waals surface area contributed by atoms with Gasteiger partial charge >= 0.3 is 0 Å². The second-order valence-corrected chi connectivity index (χ2v) is 7.94. The van der Waals surface area contributed by atoms with E-state index in [1.54, 1.807) is 12.0 Å². The molecule has 166 valence electrons. The third-order valence-electron chi connectivity index (χ3n) is 5.60. The van der Waals surface area contributed by atoms with Gasteiger partial charge in [0.25, 0.3) is 5.91 Å². The molecule has 0 bridgehead atoms. The van der Waals surface area contributed by atoms with Gasteiger partial charge in [0.05, 0.1) is 32.1 Å². The Morgan fingerprint density at radius 1 is 1.00 bits per heavy atom. The van der Waals surface area contributed by atoms with Crippen molar-refractivity contribution >= 4 is 5.91 Å². The summed E-state index contributed by atoms with van der Waals surface area (Å²) in [6.07, 6.45) is 3.80. The first kappa shape index (κ1) is 20.8. The normalized spacial score (nSPS) is 13.2. The van der Waals surface area contributed by atoms with E-state index in [9.17, 15) is 4.79 Å². The Kier molecular flexibility index (Phi) is 5.76. The fraction of sp³-hybridized carbons (Fsp3) is 0.192. The Morgan fingerprint density at radius 2 is 1.85 bits per heavy atom. The van der Waals surface area contributed by atoms with E-state index in [1.807, 2.05) is 71.7 Å². The number of hydrogen-bond donors (Lipinski definition) is 0. The van der Waals surface area contributed by atoms with Crippen LogP contribution in [0, 0.1) is 0 Å². The number of fused-ring (bicyclic) bond motifs is 1. The maximum Gasteiger partial charge on any atom is 0.261 e. The SMILES string of the molecule is COc1cccc(CN2Cc3nc(-c4cnn(Cc5ccccc5)c4)ccc3OCC2=O)c1. The van der Waals surface area contributed by atoms with Crippen LogP contribution in [0.3, 0.4) is 0 Å². The van der Waals surface area contributed by atoms with Crippen LogP contribution in [0.4, 0.5) is 0 Å². The van der Waals surface area contributed by atoms with Crippen molar-refractivity contribution in [3.05, 3.63) is 95.9 Å². The highest BCUT2D eigenvalue weighted by atomic mass is 16.5. The lowest BCUT2D eigenvalue weighted by Crippen LogP contribution is -2.32. The third kappa shape index (κ3) is 4.72. The Labute approximate surface area is 192 Å². The second-order valence-electron chi connectivity index (χ2n) is 7.94. The fourth-order valence-corrected chi connectivity index (χ4v) is 3.88. The van der Waals surface area contributed by atoms with Crippen LogP contribution >= 0.6 is 0 Å². The van der Waals surface area contributed by atoms with Crippen molar-refractivity contribution in [1.29, 1.82) is 0 Å². The molecule has 7 heteroatoms. The summed E-state index contributed by atoms with van der Waals surface area (Å²) in [6.45, 7) is 1.52. The summed E-state index contributed by atoms with van der Waals surface area (Å²) in [5.74, 6) is 1.32. The Balaban J connectivity index is 1.37. The lowest BCUT2D eigenvalue weighted by Gasteiger charge is -2.20. The summed E-state index contributed by atoms with van der Waals surface area (Å²) >= 11 is 0. The Bertz CT molecular complexity index is 1270. The summed E-state index contributed by atoms with van der Waals surface area (Å²) in [4.78, 5) is 19.3. The van der Waals surface area contributed by atoms with Gasteiger partial charge in [0.1, 0.15) is 17.2 Å². The molecule has 1 amide bonds. The minimum absolute atomic E-state index is 0.00694. The monoisotopic (exact) mass is 440 g/mol. The minimum atomic E-state index is -0.0759. The molecule has 1 aliphatic rings.